The summed E-state index contributed by atoms with van der Waals surface area (Å²) in [4.78, 5) is 29.6. The fraction of sp³-hybridized carbons (Fsp3) is 0.500. The molecule has 1 aliphatic rings. The first kappa shape index (κ1) is 14.3. The number of pyridine rings is 1. The molecule has 1 aromatic rings. The average Bonchev–Trinajstić information content (AvgIpc) is 2.96. The van der Waals surface area contributed by atoms with Crippen LogP contribution in [0, 0.1) is 5.92 Å². The molecule has 0 N–H and O–H groups in total. The molecule has 1 unspecified atom stereocenters. The zero-order chi connectivity index (χ0) is 14.5. The van der Waals surface area contributed by atoms with Gasteiger partial charge in [-0.15, -0.1) is 0 Å². The van der Waals surface area contributed by atoms with Crippen molar-refractivity contribution in [1.82, 2.24) is 4.98 Å². The van der Waals surface area contributed by atoms with Gasteiger partial charge in [0.15, 0.2) is 0 Å². The first-order valence-corrected chi connectivity index (χ1v) is 6.62. The van der Waals surface area contributed by atoms with Crippen LogP contribution in [0.25, 0.3) is 0 Å². The molecular formula is C14H18N2O4. The number of nitrogens with zero attached hydrogens (tertiary/aromatic N) is 2. The second kappa shape index (κ2) is 6.36. The van der Waals surface area contributed by atoms with Crippen LogP contribution in [0.15, 0.2) is 18.3 Å². The number of methoxy groups -OCH3 is 1. The van der Waals surface area contributed by atoms with Gasteiger partial charge in [0, 0.05) is 19.3 Å². The van der Waals surface area contributed by atoms with Gasteiger partial charge in [-0.25, -0.2) is 9.78 Å². The molecule has 6 nitrogen and oxygen atoms in total. The van der Waals surface area contributed by atoms with Crippen molar-refractivity contribution in [3.63, 3.8) is 0 Å². The normalized spacial score (nSPS) is 17.9. The van der Waals surface area contributed by atoms with Gasteiger partial charge in [0.1, 0.15) is 11.4 Å². The van der Waals surface area contributed by atoms with Gasteiger partial charge in [-0.1, -0.05) is 0 Å². The van der Waals surface area contributed by atoms with Gasteiger partial charge in [-0.05, 0) is 25.5 Å². The first-order valence-electron chi connectivity index (χ1n) is 6.62. The van der Waals surface area contributed by atoms with Crippen molar-refractivity contribution in [1.29, 1.82) is 0 Å². The highest BCUT2D eigenvalue weighted by atomic mass is 16.5. The Morgan fingerprint density at radius 2 is 2.30 bits per heavy atom. The number of carbonyl (C=O) groups is 2. The van der Waals surface area contributed by atoms with E-state index in [1.165, 1.54) is 7.11 Å². The number of rotatable bonds is 4. The lowest BCUT2D eigenvalue weighted by Gasteiger charge is -2.19. The summed E-state index contributed by atoms with van der Waals surface area (Å²) in [7, 11) is 1.38. The smallest absolute Gasteiger partial charge is 0.341 e. The Hall–Kier alpha value is -2.11. The van der Waals surface area contributed by atoms with E-state index < -0.39 is 5.97 Å². The Balaban J connectivity index is 2.18. The molecule has 0 aliphatic carbocycles. The van der Waals surface area contributed by atoms with Gasteiger partial charge in [0.25, 0.3) is 0 Å². The summed E-state index contributed by atoms with van der Waals surface area (Å²) in [5, 5.41) is 0. The minimum atomic E-state index is -0.392. The average molecular weight is 278 g/mol. The molecule has 20 heavy (non-hydrogen) atoms. The van der Waals surface area contributed by atoms with E-state index in [2.05, 4.69) is 4.98 Å². The van der Waals surface area contributed by atoms with E-state index in [9.17, 15) is 9.59 Å². The fourth-order valence-corrected chi connectivity index (χ4v) is 2.33. The molecule has 0 radical (unpaired) electrons. The van der Waals surface area contributed by atoms with E-state index in [-0.39, 0.29) is 11.9 Å². The third-order valence-corrected chi connectivity index (χ3v) is 3.30. The lowest BCUT2D eigenvalue weighted by Crippen LogP contribution is -2.26. The lowest BCUT2D eigenvalue weighted by molar-refractivity contribution is -0.144. The second-order valence-corrected chi connectivity index (χ2v) is 4.55. The molecule has 1 atom stereocenters. The standard InChI is InChI=1S/C14H18N2O4/c1-3-20-14(18)11-5-4-7-15-12(11)16-8-6-10(9-16)13(17)19-2/h4-5,7,10H,3,6,8-9H2,1-2H3. The fourth-order valence-electron chi connectivity index (χ4n) is 2.33. The zero-order valence-electron chi connectivity index (χ0n) is 11.7. The summed E-state index contributed by atoms with van der Waals surface area (Å²) >= 11 is 0. The van der Waals surface area contributed by atoms with Gasteiger partial charge in [-0.3, -0.25) is 4.79 Å². The monoisotopic (exact) mass is 278 g/mol. The molecule has 1 saturated heterocycles. The van der Waals surface area contributed by atoms with Crippen LogP contribution in [-0.4, -0.2) is 43.7 Å². The summed E-state index contributed by atoms with van der Waals surface area (Å²) in [6, 6.07) is 3.38. The Morgan fingerprint density at radius 1 is 1.50 bits per heavy atom. The summed E-state index contributed by atoms with van der Waals surface area (Å²) in [6.07, 6.45) is 2.33. The maximum atomic E-state index is 11.9. The Bertz CT molecular complexity index is 504. The molecule has 1 fully saturated rings. The molecule has 1 aromatic heterocycles. The number of carbonyl (C=O) groups excluding carboxylic acids is 2. The van der Waals surface area contributed by atoms with Crippen LogP contribution in [0.3, 0.4) is 0 Å². The lowest BCUT2D eigenvalue weighted by atomic mass is 10.1. The number of hydrogen-bond donors (Lipinski definition) is 0. The van der Waals surface area contributed by atoms with Gasteiger partial charge in [0.2, 0.25) is 0 Å². The van der Waals surface area contributed by atoms with Crippen molar-refractivity contribution in [2.24, 2.45) is 5.92 Å². The maximum Gasteiger partial charge on any atom is 0.341 e. The molecule has 2 heterocycles. The molecule has 6 heteroatoms. The van der Waals surface area contributed by atoms with Crippen molar-refractivity contribution in [3.05, 3.63) is 23.9 Å². The summed E-state index contributed by atoms with van der Waals surface area (Å²) in [5.74, 6) is -0.215. The zero-order valence-corrected chi connectivity index (χ0v) is 11.7. The largest absolute Gasteiger partial charge is 0.469 e. The molecule has 0 bridgehead atoms. The SMILES string of the molecule is CCOC(=O)c1cccnc1N1CCC(C(=O)OC)C1. The van der Waals surface area contributed by atoms with Gasteiger partial charge >= 0.3 is 11.9 Å². The van der Waals surface area contributed by atoms with Crippen LogP contribution in [0.5, 0.6) is 0 Å². The molecule has 1 aliphatic heterocycles. The predicted molar refractivity (Wildman–Crippen MR) is 72.5 cm³/mol. The molecule has 0 saturated carbocycles. The van der Waals surface area contributed by atoms with Crippen LogP contribution in [0.2, 0.25) is 0 Å². The van der Waals surface area contributed by atoms with Crippen molar-refractivity contribution < 1.29 is 19.1 Å². The van der Waals surface area contributed by atoms with E-state index in [0.717, 1.165) is 0 Å². The quantitative estimate of drug-likeness (QED) is 0.772. The van der Waals surface area contributed by atoms with E-state index in [1.54, 1.807) is 25.3 Å². The molecule has 2 rings (SSSR count). The van der Waals surface area contributed by atoms with Gasteiger partial charge in [0.05, 0.1) is 19.6 Å². The molecule has 0 amide bonds. The van der Waals surface area contributed by atoms with Gasteiger partial charge < -0.3 is 14.4 Å². The predicted octanol–water partition coefficient (Wildman–Crippen LogP) is 1.26. The highest BCUT2D eigenvalue weighted by molar-refractivity contribution is 5.95. The van der Waals surface area contributed by atoms with E-state index >= 15 is 0 Å². The number of aromatic nitrogens is 1. The first-order chi connectivity index (χ1) is 9.67. The van der Waals surface area contributed by atoms with Crippen LogP contribution >= 0.6 is 0 Å². The van der Waals surface area contributed by atoms with Crippen molar-refractivity contribution in [2.45, 2.75) is 13.3 Å². The third kappa shape index (κ3) is 2.89. The topological polar surface area (TPSA) is 68.7 Å². The molecular weight excluding hydrogens is 260 g/mol. The maximum absolute atomic E-state index is 11.9. The van der Waals surface area contributed by atoms with E-state index in [1.807, 2.05) is 4.90 Å². The van der Waals surface area contributed by atoms with E-state index in [0.29, 0.717) is 37.5 Å². The second-order valence-electron chi connectivity index (χ2n) is 4.55. The summed E-state index contributed by atoms with van der Waals surface area (Å²) < 4.78 is 9.78. The van der Waals surface area contributed by atoms with Crippen molar-refractivity contribution >= 4 is 17.8 Å². The minimum absolute atomic E-state index is 0.169. The summed E-state index contributed by atoms with van der Waals surface area (Å²) in [5.41, 5.74) is 0.430. The van der Waals surface area contributed by atoms with Crippen molar-refractivity contribution in [2.75, 3.05) is 31.7 Å². The highest BCUT2D eigenvalue weighted by Gasteiger charge is 2.31. The molecule has 108 valence electrons. The Labute approximate surface area is 117 Å². The number of anilines is 1. The Morgan fingerprint density at radius 3 is 3.00 bits per heavy atom. The van der Waals surface area contributed by atoms with Gasteiger partial charge in [-0.2, -0.15) is 0 Å². The van der Waals surface area contributed by atoms with Crippen LogP contribution in [0.1, 0.15) is 23.7 Å². The van der Waals surface area contributed by atoms with Crippen LogP contribution in [-0.2, 0) is 14.3 Å². The number of hydrogen-bond acceptors (Lipinski definition) is 6. The van der Waals surface area contributed by atoms with Crippen LogP contribution < -0.4 is 4.90 Å². The highest BCUT2D eigenvalue weighted by Crippen LogP contribution is 2.26. The minimum Gasteiger partial charge on any atom is -0.469 e. The Kier molecular flexibility index (Phi) is 4.55. The molecule has 0 spiro atoms. The molecule has 0 aromatic carbocycles. The number of ether oxygens (including phenoxy) is 2. The van der Waals surface area contributed by atoms with Crippen LogP contribution in [0.4, 0.5) is 5.82 Å². The van der Waals surface area contributed by atoms with Crippen molar-refractivity contribution in [3.8, 4) is 0 Å². The summed E-state index contributed by atoms with van der Waals surface area (Å²) in [6.45, 7) is 3.26. The van der Waals surface area contributed by atoms with E-state index in [4.69, 9.17) is 9.47 Å². The third-order valence-electron chi connectivity index (χ3n) is 3.30. The number of esters is 2.